The minimum absolute atomic E-state index is 0. The van der Waals surface area contributed by atoms with Crippen LogP contribution in [0.25, 0.3) is 0 Å². The number of hydrogen-bond donors (Lipinski definition) is 2. The molecule has 1 aromatic rings. The van der Waals surface area contributed by atoms with E-state index in [1.807, 2.05) is 17.8 Å². The topological polar surface area (TPSA) is 54.9 Å². The summed E-state index contributed by atoms with van der Waals surface area (Å²) in [5.41, 5.74) is -0.189. The van der Waals surface area contributed by atoms with Gasteiger partial charge >= 0.3 is 0 Å². The fraction of sp³-hybridized carbons (Fsp3) is 0.632. The monoisotopic (exact) mass is 493 g/mol. The van der Waals surface area contributed by atoms with E-state index in [1.165, 1.54) is 4.90 Å². The van der Waals surface area contributed by atoms with Gasteiger partial charge in [0.25, 0.3) is 0 Å². The fourth-order valence-electron chi connectivity index (χ4n) is 2.75. The van der Waals surface area contributed by atoms with Gasteiger partial charge in [-0.15, -0.1) is 35.7 Å². The summed E-state index contributed by atoms with van der Waals surface area (Å²) in [6.45, 7) is 8.16. The number of guanidine groups is 1. The molecule has 1 aliphatic heterocycles. The predicted octanol–water partition coefficient (Wildman–Crippen LogP) is 3.54. The number of aliphatic imine (C=N–C) groups is 1. The van der Waals surface area contributed by atoms with Gasteiger partial charge < -0.3 is 20.1 Å². The highest BCUT2D eigenvalue weighted by Gasteiger charge is 2.32. The average Bonchev–Trinajstić information content (AvgIpc) is 2.65. The van der Waals surface area contributed by atoms with Crippen LogP contribution < -0.4 is 10.6 Å². The van der Waals surface area contributed by atoms with Crippen molar-refractivity contribution < 1.29 is 9.47 Å². The number of ether oxygens (including phenoxy) is 2. The number of thioether (sulfide) groups is 1. The van der Waals surface area contributed by atoms with Gasteiger partial charge in [0, 0.05) is 56.4 Å². The Labute approximate surface area is 179 Å². The zero-order valence-electron chi connectivity index (χ0n) is 16.0. The minimum Gasteiger partial charge on any atom is -0.381 e. The molecule has 0 bridgehead atoms. The van der Waals surface area contributed by atoms with Crippen LogP contribution >= 0.6 is 35.7 Å². The molecule has 2 rings (SSSR count). The number of nitrogens with zero attached hydrogens (tertiary/aromatic N) is 1. The first-order valence-electron chi connectivity index (χ1n) is 9.04. The van der Waals surface area contributed by atoms with E-state index >= 15 is 0 Å². The highest BCUT2D eigenvalue weighted by molar-refractivity contribution is 14.0. The fourth-order valence-corrected chi connectivity index (χ4v) is 3.69. The zero-order chi connectivity index (χ0) is 18.0. The summed E-state index contributed by atoms with van der Waals surface area (Å²) in [6, 6.07) is 10.5. The molecule has 7 heteroatoms. The summed E-state index contributed by atoms with van der Waals surface area (Å²) in [5.74, 6) is 0.853. The summed E-state index contributed by atoms with van der Waals surface area (Å²) < 4.78 is 11.2. The van der Waals surface area contributed by atoms with Crippen LogP contribution in [-0.2, 0) is 9.47 Å². The second kappa shape index (κ2) is 12.8. The summed E-state index contributed by atoms with van der Waals surface area (Å²) in [6.07, 6.45) is 1.79. The quantitative estimate of drug-likeness (QED) is 0.251. The third-order valence-corrected chi connectivity index (χ3v) is 5.46. The number of halogens is 1. The number of rotatable bonds is 8. The summed E-state index contributed by atoms with van der Waals surface area (Å²) in [7, 11) is 1.78. The van der Waals surface area contributed by atoms with Gasteiger partial charge in [-0.1, -0.05) is 25.1 Å². The van der Waals surface area contributed by atoms with Gasteiger partial charge in [-0.05, 0) is 19.1 Å². The highest BCUT2D eigenvalue weighted by atomic mass is 127. The standard InChI is InChI=1S/C19H31N3O2S.HI/c1-4-20-18(22-15-19(23-3)10-12-24-13-11-19)21-14-16(2)25-17-8-6-5-7-9-17;/h5-9,16H,4,10-15H2,1-3H3,(H2,20,21,22);1H. The van der Waals surface area contributed by atoms with Gasteiger partial charge in [0.1, 0.15) is 0 Å². The van der Waals surface area contributed by atoms with Crippen molar-refractivity contribution in [3.05, 3.63) is 30.3 Å². The first-order valence-corrected chi connectivity index (χ1v) is 9.92. The van der Waals surface area contributed by atoms with E-state index in [0.717, 1.165) is 45.1 Å². The molecule has 1 unspecified atom stereocenters. The Bertz CT molecular complexity index is 525. The number of hydrogen-bond acceptors (Lipinski definition) is 4. The van der Waals surface area contributed by atoms with Crippen LogP contribution in [0.2, 0.25) is 0 Å². The van der Waals surface area contributed by atoms with Crippen molar-refractivity contribution in [3.63, 3.8) is 0 Å². The van der Waals surface area contributed by atoms with Gasteiger partial charge in [0.05, 0.1) is 12.1 Å². The maximum atomic E-state index is 5.77. The first-order chi connectivity index (χ1) is 12.2. The summed E-state index contributed by atoms with van der Waals surface area (Å²) in [5, 5.41) is 7.23. The number of methoxy groups -OCH3 is 1. The molecule has 0 aromatic heterocycles. The second-order valence-electron chi connectivity index (χ2n) is 6.32. The summed E-state index contributed by atoms with van der Waals surface area (Å²) >= 11 is 1.87. The highest BCUT2D eigenvalue weighted by Crippen LogP contribution is 2.25. The predicted molar refractivity (Wildman–Crippen MR) is 121 cm³/mol. The van der Waals surface area contributed by atoms with Gasteiger partial charge in [0.15, 0.2) is 5.96 Å². The van der Waals surface area contributed by atoms with E-state index in [-0.39, 0.29) is 29.6 Å². The molecule has 1 aliphatic rings. The molecule has 1 aromatic carbocycles. The zero-order valence-corrected chi connectivity index (χ0v) is 19.1. The van der Waals surface area contributed by atoms with Crippen LogP contribution in [0.4, 0.5) is 0 Å². The van der Waals surface area contributed by atoms with Crippen molar-refractivity contribution in [3.8, 4) is 0 Å². The van der Waals surface area contributed by atoms with E-state index in [9.17, 15) is 0 Å². The van der Waals surface area contributed by atoms with Crippen molar-refractivity contribution in [2.24, 2.45) is 4.99 Å². The molecule has 1 atom stereocenters. The van der Waals surface area contributed by atoms with Gasteiger partial charge in [0.2, 0.25) is 0 Å². The molecule has 0 amide bonds. The van der Waals surface area contributed by atoms with Gasteiger partial charge in [-0.25, -0.2) is 0 Å². The normalized spacial score (nSPS) is 17.9. The van der Waals surface area contributed by atoms with Crippen LogP contribution in [-0.4, -0.2) is 56.8 Å². The molecule has 2 N–H and O–H groups in total. The van der Waals surface area contributed by atoms with Crippen molar-refractivity contribution in [1.29, 1.82) is 0 Å². The number of nitrogens with one attached hydrogen (secondary N) is 2. The van der Waals surface area contributed by atoms with Crippen molar-refractivity contribution in [1.82, 2.24) is 10.6 Å². The molecule has 0 saturated carbocycles. The van der Waals surface area contributed by atoms with Crippen LogP contribution in [0.5, 0.6) is 0 Å². The Morgan fingerprint density at radius 3 is 2.58 bits per heavy atom. The van der Waals surface area contributed by atoms with E-state index in [2.05, 4.69) is 48.7 Å². The lowest BCUT2D eigenvalue weighted by molar-refractivity contribution is -0.0828. The Balaban J connectivity index is 0.00000338. The van der Waals surface area contributed by atoms with Crippen LogP contribution in [0.15, 0.2) is 40.2 Å². The van der Waals surface area contributed by atoms with E-state index in [0.29, 0.717) is 11.8 Å². The molecule has 26 heavy (non-hydrogen) atoms. The third-order valence-electron chi connectivity index (χ3n) is 4.34. The molecule has 148 valence electrons. The van der Waals surface area contributed by atoms with Gasteiger partial charge in [-0.3, -0.25) is 4.99 Å². The van der Waals surface area contributed by atoms with Crippen LogP contribution in [0, 0.1) is 0 Å². The molecule has 0 radical (unpaired) electrons. The average molecular weight is 493 g/mol. The molecular formula is C19H32IN3O2S. The SMILES string of the molecule is CCNC(=NCC1(OC)CCOCC1)NCC(C)Sc1ccccc1.I. The first kappa shape index (κ1) is 23.5. The summed E-state index contributed by atoms with van der Waals surface area (Å²) in [4.78, 5) is 6.05. The van der Waals surface area contributed by atoms with Crippen LogP contribution in [0.1, 0.15) is 26.7 Å². The molecular weight excluding hydrogens is 461 g/mol. The minimum atomic E-state index is -0.189. The van der Waals surface area contributed by atoms with Crippen molar-refractivity contribution in [2.75, 3.05) is 40.0 Å². The Morgan fingerprint density at radius 1 is 1.27 bits per heavy atom. The van der Waals surface area contributed by atoms with Crippen molar-refractivity contribution >= 4 is 41.7 Å². The Hall–Kier alpha value is -0.510. The van der Waals surface area contributed by atoms with Crippen LogP contribution in [0.3, 0.4) is 0 Å². The largest absolute Gasteiger partial charge is 0.381 e. The maximum absolute atomic E-state index is 5.77. The molecule has 1 heterocycles. The Kier molecular flexibility index (Phi) is 11.6. The number of benzene rings is 1. The second-order valence-corrected chi connectivity index (χ2v) is 7.83. The molecule has 1 fully saturated rings. The molecule has 1 saturated heterocycles. The molecule has 5 nitrogen and oxygen atoms in total. The smallest absolute Gasteiger partial charge is 0.191 e. The lowest BCUT2D eigenvalue weighted by atomic mass is 9.94. The van der Waals surface area contributed by atoms with E-state index in [1.54, 1.807) is 7.11 Å². The third kappa shape index (κ3) is 8.02. The van der Waals surface area contributed by atoms with E-state index in [4.69, 9.17) is 14.5 Å². The lowest BCUT2D eigenvalue weighted by Crippen LogP contribution is -2.44. The maximum Gasteiger partial charge on any atom is 0.191 e. The van der Waals surface area contributed by atoms with E-state index < -0.39 is 0 Å². The molecule has 0 spiro atoms. The van der Waals surface area contributed by atoms with Crippen molar-refractivity contribution in [2.45, 2.75) is 42.4 Å². The molecule has 0 aliphatic carbocycles. The Morgan fingerprint density at radius 2 is 1.96 bits per heavy atom. The van der Waals surface area contributed by atoms with Gasteiger partial charge in [-0.2, -0.15) is 0 Å². The lowest BCUT2D eigenvalue weighted by Gasteiger charge is -2.34.